The SMILES string of the molecule is CC1CCC(CCn2c3c(c4cc(OC(F)(F)F)ccc42)CN2CCC3CC2)CN1. The van der Waals surface area contributed by atoms with Crippen LogP contribution in [0.1, 0.15) is 56.2 Å². The van der Waals surface area contributed by atoms with Crippen molar-refractivity contribution in [2.75, 3.05) is 19.6 Å². The molecule has 2 fully saturated rings. The molecule has 1 aromatic carbocycles. The van der Waals surface area contributed by atoms with Crippen molar-refractivity contribution >= 4 is 10.9 Å². The van der Waals surface area contributed by atoms with Gasteiger partial charge in [-0.2, -0.15) is 0 Å². The Bertz CT molecular complexity index is 907. The average Bonchev–Trinajstić information content (AvgIpc) is 2.83. The largest absolute Gasteiger partial charge is 0.573 e. The highest BCUT2D eigenvalue weighted by molar-refractivity contribution is 5.87. The summed E-state index contributed by atoms with van der Waals surface area (Å²) < 4.78 is 45.1. The molecule has 2 bridgehead atoms. The van der Waals surface area contributed by atoms with Gasteiger partial charge in [-0.1, -0.05) is 0 Å². The van der Waals surface area contributed by atoms with Gasteiger partial charge in [-0.05, 0) is 88.3 Å². The summed E-state index contributed by atoms with van der Waals surface area (Å²) in [5, 5.41) is 4.52. The Kier molecular flexibility index (Phi) is 5.22. The summed E-state index contributed by atoms with van der Waals surface area (Å²) >= 11 is 0. The van der Waals surface area contributed by atoms with Crippen LogP contribution >= 0.6 is 0 Å². The predicted octanol–water partition coefficient (Wildman–Crippen LogP) is 5.01. The van der Waals surface area contributed by atoms with E-state index < -0.39 is 6.36 Å². The van der Waals surface area contributed by atoms with Gasteiger partial charge in [-0.15, -0.1) is 13.2 Å². The number of hydrogen-bond acceptors (Lipinski definition) is 3. The monoisotopic (exact) mass is 421 g/mol. The van der Waals surface area contributed by atoms with E-state index in [4.69, 9.17) is 0 Å². The highest BCUT2D eigenvalue weighted by atomic mass is 19.4. The Morgan fingerprint density at radius 3 is 2.63 bits per heavy atom. The number of nitrogens with one attached hydrogen (secondary N) is 1. The van der Waals surface area contributed by atoms with Gasteiger partial charge >= 0.3 is 6.36 Å². The number of aromatic nitrogens is 1. The van der Waals surface area contributed by atoms with Crippen LogP contribution in [0.5, 0.6) is 5.75 Å². The number of fused-ring (bicyclic) bond motifs is 3. The van der Waals surface area contributed by atoms with E-state index in [9.17, 15) is 13.2 Å². The van der Waals surface area contributed by atoms with Crippen LogP contribution in [0.25, 0.3) is 10.9 Å². The van der Waals surface area contributed by atoms with Crippen LogP contribution in [-0.2, 0) is 13.1 Å². The summed E-state index contributed by atoms with van der Waals surface area (Å²) in [5.74, 6) is 1.04. The van der Waals surface area contributed by atoms with Crippen molar-refractivity contribution in [2.24, 2.45) is 5.92 Å². The Labute approximate surface area is 175 Å². The molecular formula is C23H30F3N3O. The molecule has 2 aromatic rings. The summed E-state index contributed by atoms with van der Waals surface area (Å²) in [6.45, 7) is 7.20. The molecule has 0 radical (unpaired) electrons. The smallest absolute Gasteiger partial charge is 0.406 e. The number of hydrogen-bond donors (Lipinski definition) is 1. The number of alkyl halides is 3. The highest BCUT2D eigenvalue weighted by Crippen LogP contribution is 2.42. The van der Waals surface area contributed by atoms with Crippen molar-refractivity contribution in [3.63, 3.8) is 0 Å². The van der Waals surface area contributed by atoms with Gasteiger partial charge in [-0.25, -0.2) is 0 Å². The standard InChI is InChI=1S/C23H30F3N3O/c1-15-2-3-16(13-27-15)6-11-29-21-5-4-18(30-23(24,25)26)12-19(21)20-14-28-9-7-17(8-10-28)22(20)29/h4-5,12,15-17,27H,2-3,6-11,13-14H2,1H3. The normalized spacial score (nSPS) is 29.1. The summed E-state index contributed by atoms with van der Waals surface area (Å²) in [5.41, 5.74) is 3.64. The van der Waals surface area contributed by atoms with Crippen molar-refractivity contribution in [1.29, 1.82) is 0 Å². The first-order valence-electron chi connectivity index (χ1n) is 11.2. The van der Waals surface area contributed by atoms with Crippen LogP contribution in [0, 0.1) is 5.92 Å². The predicted molar refractivity (Wildman–Crippen MR) is 111 cm³/mol. The molecular weight excluding hydrogens is 391 g/mol. The van der Waals surface area contributed by atoms with E-state index in [1.807, 2.05) is 6.07 Å². The summed E-state index contributed by atoms with van der Waals surface area (Å²) in [6, 6.07) is 5.50. The Hall–Kier alpha value is -1.73. The molecule has 5 heterocycles. The molecule has 1 N–H and O–H groups in total. The molecule has 0 spiro atoms. The third-order valence-corrected chi connectivity index (χ3v) is 7.30. The lowest BCUT2D eigenvalue weighted by atomic mass is 9.92. The van der Waals surface area contributed by atoms with Crippen molar-refractivity contribution in [1.82, 2.24) is 14.8 Å². The molecule has 0 amide bonds. The van der Waals surface area contributed by atoms with Gasteiger partial charge in [0.05, 0.1) is 0 Å². The first-order chi connectivity index (χ1) is 14.4. The van der Waals surface area contributed by atoms with Crippen molar-refractivity contribution < 1.29 is 17.9 Å². The van der Waals surface area contributed by atoms with Crippen LogP contribution in [-0.4, -0.2) is 41.5 Å². The van der Waals surface area contributed by atoms with E-state index in [0.29, 0.717) is 17.9 Å². The maximum Gasteiger partial charge on any atom is 0.573 e. The van der Waals surface area contributed by atoms with Gasteiger partial charge < -0.3 is 14.6 Å². The Morgan fingerprint density at radius 2 is 1.93 bits per heavy atom. The lowest BCUT2D eigenvalue weighted by Gasteiger charge is -2.29. The number of ether oxygens (including phenoxy) is 1. The molecule has 164 valence electrons. The van der Waals surface area contributed by atoms with Gasteiger partial charge in [-0.3, -0.25) is 4.90 Å². The van der Waals surface area contributed by atoms with E-state index in [1.54, 1.807) is 6.07 Å². The fourth-order valence-electron chi connectivity index (χ4n) is 5.70. The molecule has 6 rings (SSSR count). The second-order valence-electron chi connectivity index (χ2n) is 9.33. The summed E-state index contributed by atoms with van der Waals surface area (Å²) in [4.78, 5) is 2.44. The van der Waals surface area contributed by atoms with E-state index in [-0.39, 0.29) is 5.75 Å². The molecule has 7 heteroatoms. The van der Waals surface area contributed by atoms with Gasteiger partial charge in [0.1, 0.15) is 5.75 Å². The zero-order valence-electron chi connectivity index (χ0n) is 17.5. The fourth-order valence-corrected chi connectivity index (χ4v) is 5.70. The number of benzene rings is 1. The lowest BCUT2D eigenvalue weighted by molar-refractivity contribution is -0.274. The van der Waals surface area contributed by atoms with Gasteiger partial charge in [0.15, 0.2) is 0 Å². The number of aryl methyl sites for hydroxylation is 1. The summed E-state index contributed by atoms with van der Waals surface area (Å²) in [6.07, 6.45) is 1.17. The number of nitrogens with zero attached hydrogens (tertiary/aromatic N) is 2. The first kappa shape index (κ1) is 20.2. The van der Waals surface area contributed by atoms with Crippen molar-refractivity contribution in [2.45, 2.75) is 70.4 Å². The van der Waals surface area contributed by atoms with E-state index >= 15 is 0 Å². The minimum atomic E-state index is -4.67. The maximum atomic E-state index is 12.8. The Morgan fingerprint density at radius 1 is 1.13 bits per heavy atom. The van der Waals surface area contributed by atoms with E-state index in [0.717, 1.165) is 62.9 Å². The third-order valence-electron chi connectivity index (χ3n) is 7.30. The van der Waals surface area contributed by atoms with E-state index in [2.05, 4.69) is 26.4 Å². The Balaban J connectivity index is 1.51. The van der Waals surface area contributed by atoms with Crippen LogP contribution in [0.2, 0.25) is 0 Å². The highest BCUT2D eigenvalue weighted by Gasteiger charge is 2.34. The molecule has 1 aromatic heterocycles. The van der Waals surface area contributed by atoms with Crippen LogP contribution in [0.3, 0.4) is 0 Å². The molecule has 2 saturated heterocycles. The van der Waals surface area contributed by atoms with Gasteiger partial charge in [0.25, 0.3) is 0 Å². The van der Waals surface area contributed by atoms with Crippen molar-refractivity contribution in [3.8, 4) is 5.75 Å². The van der Waals surface area contributed by atoms with Crippen LogP contribution < -0.4 is 10.1 Å². The summed E-state index contributed by atoms with van der Waals surface area (Å²) in [7, 11) is 0. The van der Waals surface area contributed by atoms with E-state index in [1.165, 1.54) is 30.2 Å². The second kappa shape index (κ2) is 7.75. The topological polar surface area (TPSA) is 29.4 Å². The zero-order chi connectivity index (χ0) is 20.9. The molecule has 4 aliphatic rings. The van der Waals surface area contributed by atoms with Gasteiger partial charge in [0.2, 0.25) is 0 Å². The molecule has 0 aliphatic carbocycles. The maximum absolute atomic E-state index is 12.8. The van der Waals surface area contributed by atoms with Crippen LogP contribution in [0.15, 0.2) is 18.2 Å². The lowest BCUT2D eigenvalue weighted by Crippen LogP contribution is -2.37. The quantitative estimate of drug-likeness (QED) is 0.753. The molecule has 30 heavy (non-hydrogen) atoms. The first-order valence-corrected chi connectivity index (χ1v) is 11.2. The molecule has 0 saturated carbocycles. The molecule has 4 nitrogen and oxygen atoms in total. The minimum Gasteiger partial charge on any atom is -0.406 e. The number of halogens is 3. The average molecular weight is 422 g/mol. The fraction of sp³-hybridized carbons (Fsp3) is 0.652. The third kappa shape index (κ3) is 3.94. The molecule has 4 aliphatic heterocycles. The number of piperidine rings is 2. The molecule has 2 unspecified atom stereocenters. The minimum absolute atomic E-state index is 0.119. The second-order valence-corrected chi connectivity index (χ2v) is 9.33. The molecule has 2 atom stereocenters. The van der Waals surface area contributed by atoms with Crippen LogP contribution in [0.4, 0.5) is 13.2 Å². The zero-order valence-corrected chi connectivity index (χ0v) is 17.5. The number of rotatable bonds is 4. The van der Waals surface area contributed by atoms with Gasteiger partial charge in [0, 0.05) is 41.6 Å². The van der Waals surface area contributed by atoms with Crippen molar-refractivity contribution in [3.05, 3.63) is 29.5 Å².